The summed E-state index contributed by atoms with van der Waals surface area (Å²) in [6.45, 7) is 0. The lowest BCUT2D eigenvalue weighted by Gasteiger charge is -1.98. The fraction of sp³-hybridized carbons (Fsp3) is 0. The van der Waals surface area contributed by atoms with Gasteiger partial charge in [-0.05, 0) is 34.1 Å². The minimum Gasteiger partial charge on any atom is -0.354 e. The van der Waals surface area contributed by atoms with Crippen molar-refractivity contribution in [3.63, 3.8) is 0 Å². The predicted octanol–water partition coefficient (Wildman–Crippen LogP) is 3.25. The highest BCUT2D eigenvalue weighted by atomic mass is 79.9. The van der Waals surface area contributed by atoms with Gasteiger partial charge < -0.3 is 4.52 Å². The molecule has 2 aromatic rings. The molecule has 0 fully saturated rings. The second-order valence-electron chi connectivity index (χ2n) is 2.91. The van der Waals surface area contributed by atoms with Crippen LogP contribution in [0, 0.1) is 23.0 Å². The van der Waals surface area contributed by atoms with Crippen molar-refractivity contribution in [1.29, 1.82) is 5.26 Å². The van der Waals surface area contributed by atoms with Gasteiger partial charge in [0, 0.05) is 0 Å². The predicted molar refractivity (Wildman–Crippen MR) is 54.3 cm³/mol. The zero-order valence-electron chi connectivity index (χ0n) is 7.67. The summed E-state index contributed by atoms with van der Waals surface area (Å²) in [6.07, 6.45) is 0. The van der Waals surface area contributed by atoms with Crippen LogP contribution in [-0.4, -0.2) is 5.16 Å². The first-order chi connectivity index (χ1) is 7.63. The van der Waals surface area contributed by atoms with Crippen LogP contribution in [0.15, 0.2) is 27.2 Å². The van der Waals surface area contributed by atoms with E-state index in [1.165, 1.54) is 0 Å². The molecule has 2 rings (SSSR count). The van der Waals surface area contributed by atoms with Crippen molar-refractivity contribution in [2.24, 2.45) is 0 Å². The van der Waals surface area contributed by atoms with Gasteiger partial charge in [-0.15, -0.1) is 0 Å². The van der Waals surface area contributed by atoms with E-state index < -0.39 is 11.6 Å². The number of hydrogen-bond donors (Lipinski definition) is 0. The van der Waals surface area contributed by atoms with Crippen molar-refractivity contribution in [3.05, 3.63) is 40.0 Å². The smallest absolute Gasteiger partial charge is 0.198 e. The first-order valence-corrected chi connectivity index (χ1v) is 4.93. The fourth-order valence-electron chi connectivity index (χ4n) is 1.19. The van der Waals surface area contributed by atoms with Crippen molar-refractivity contribution in [2.45, 2.75) is 0 Å². The van der Waals surface area contributed by atoms with Gasteiger partial charge in [0.1, 0.15) is 22.2 Å². The SMILES string of the molecule is N#Cc1noc(-c2cc(F)ccc2F)c1Br. The number of aromatic nitrogens is 1. The van der Waals surface area contributed by atoms with Crippen molar-refractivity contribution in [1.82, 2.24) is 5.16 Å². The van der Waals surface area contributed by atoms with Crippen molar-refractivity contribution < 1.29 is 13.3 Å². The van der Waals surface area contributed by atoms with Gasteiger partial charge in [0.15, 0.2) is 11.5 Å². The standard InChI is InChI=1S/C10H3BrF2N2O/c11-9-8(4-14)15-16-10(9)6-3-5(12)1-2-7(6)13/h1-3H. The topological polar surface area (TPSA) is 49.8 Å². The molecule has 0 N–H and O–H groups in total. The third-order valence-corrected chi connectivity index (χ3v) is 2.65. The second kappa shape index (κ2) is 4.02. The highest BCUT2D eigenvalue weighted by Crippen LogP contribution is 2.32. The second-order valence-corrected chi connectivity index (χ2v) is 3.70. The highest BCUT2D eigenvalue weighted by molar-refractivity contribution is 9.10. The average molecular weight is 285 g/mol. The van der Waals surface area contributed by atoms with Gasteiger partial charge in [-0.2, -0.15) is 5.26 Å². The first-order valence-electron chi connectivity index (χ1n) is 4.14. The van der Waals surface area contributed by atoms with Crippen molar-refractivity contribution in [3.8, 4) is 17.4 Å². The Kier molecular flexibility index (Phi) is 2.71. The molecule has 0 saturated heterocycles. The Bertz CT molecular complexity index is 589. The molecule has 0 aliphatic carbocycles. The summed E-state index contributed by atoms with van der Waals surface area (Å²) in [5.74, 6) is -1.26. The van der Waals surface area contributed by atoms with E-state index in [9.17, 15) is 8.78 Å². The summed E-state index contributed by atoms with van der Waals surface area (Å²) in [7, 11) is 0. The molecule has 1 aromatic heterocycles. The van der Waals surface area contributed by atoms with Crippen LogP contribution in [0.2, 0.25) is 0 Å². The Morgan fingerprint density at radius 3 is 2.75 bits per heavy atom. The van der Waals surface area contributed by atoms with Gasteiger partial charge >= 0.3 is 0 Å². The molecule has 6 heteroatoms. The van der Waals surface area contributed by atoms with Crippen LogP contribution in [0.5, 0.6) is 0 Å². The third kappa shape index (κ3) is 1.70. The van der Waals surface area contributed by atoms with Gasteiger partial charge in [0.25, 0.3) is 0 Å². The molecule has 0 saturated carbocycles. The van der Waals surface area contributed by atoms with E-state index in [-0.39, 0.29) is 21.5 Å². The number of nitriles is 1. The zero-order chi connectivity index (χ0) is 11.7. The molecule has 0 amide bonds. The number of rotatable bonds is 1. The molecule has 1 heterocycles. The molecular weight excluding hydrogens is 282 g/mol. The van der Waals surface area contributed by atoms with E-state index >= 15 is 0 Å². The van der Waals surface area contributed by atoms with Gasteiger partial charge in [-0.1, -0.05) is 5.16 Å². The van der Waals surface area contributed by atoms with E-state index in [1.54, 1.807) is 6.07 Å². The molecule has 0 radical (unpaired) electrons. The molecule has 0 unspecified atom stereocenters. The summed E-state index contributed by atoms with van der Waals surface area (Å²) in [4.78, 5) is 0. The first kappa shape index (κ1) is 10.8. The maximum absolute atomic E-state index is 13.4. The quantitative estimate of drug-likeness (QED) is 0.808. The van der Waals surface area contributed by atoms with Crippen LogP contribution in [0.3, 0.4) is 0 Å². The summed E-state index contributed by atoms with van der Waals surface area (Å²) in [5.41, 5.74) is -0.0977. The number of hydrogen-bond acceptors (Lipinski definition) is 3. The minimum absolute atomic E-state index is 0.00597. The lowest BCUT2D eigenvalue weighted by molar-refractivity contribution is 0.427. The number of nitrogens with zero attached hydrogens (tertiary/aromatic N) is 2. The molecule has 80 valence electrons. The Morgan fingerprint density at radius 2 is 2.12 bits per heavy atom. The third-order valence-electron chi connectivity index (χ3n) is 1.91. The Hall–Kier alpha value is -1.74. The zero-order valence-corrected chi connectivity index (χ0v) is 9.25. The molecule has 0 aliphatic heterocycles. The fourth-order valence-corrected chi connectivity index (χ4v) is 1.63. The van der Waals surface area contributed by atoms with E-state index in [0.717, 1.165) is 18.2 Å². The van der Waals surface area contributed by atoms with E-state index in [2.05, 4.69) is 21.1 Å². The molecule has 1 aromatic carbocycles. The molecule has 0 bridgehead atoms. The highest BCUT2D eigenvalue weighted by Gasteiger charge is 2.18. The molecule has 16 heavy (non-hydrogen) atoms. The summed E-state index contributed by atoms with van der Waals surface area (Å²) < 4.78 is 31.3. The summed E-state index contributed by atoms with van der Waals surface area (Å²) >= 11 is 3.04. The van der Waals surface area contributed by atoms with Crippen LogP contribution in [0.25, 0.3) is 11.3 Å². The molecular formula is C10H3BrF2N2O. The Labute approximate surface area is 97.4 Å². The normalized spacial score (nSPS) is 10.1. The average Bonchev–Trinajstić information content (AvgIpc) is 2.63. The molecule has 0 aliphatic rings. The monoisotopic (exact) mass is 284 g/mol. The number of halogens is 3. The van der Waals surface area contributed by atoms with E-state index in [1.807, 2.05) is 0 Å². The van der Waals surface area contributed by atoms with Crippen molar-refractivity contribution in [2.75, 3.05) is 0 Å². The van der Waals surface area contributed by atoms with Crippen LogP contribution >= 0.6 is 15.9 Å². The van der Waals surface area contributed by atoms with Gasteiger partial charge in [-0.3, -0.25) is 0 Å². The summed E-state index contributed by atoms with van der Waals surface area (Å²) in [6, 6.07) is 4.70. The lowest BCUT2D eigenvalue weighted by Crippen LogP contribution is -1.85. The molecule has 3 nitrogen and oxygen atoms in total. The Balaban J connectivity index is 2.64. The van der Waals surface area contributed by atoms with Crippen molar-refractivity contribution >= 4 is 15.9 Å². The minimum atomic E-state index is -0.650. The Morgan fingerprint density at radius 1 is 1.38 bits per heavy atom. The van der Waals surface area contributed by atoms with Crippen LogP contribution in [0.4, 0.5) is 8.78 Å². The number of benzene rings is 1. The van der Waals surface area contributed by atoms with E-state index in [4.69, 9.17) is 9.78 Å². The van der Waals surface area contributed by atoms with Crippen LogP contribution in [0.1, 0.15) is 5.69 Å². The van der Waals surface area contributed by atoms with Crippen LogP contribution in [-0.2, 0) is 0 Å². The van der Waals surface area contributed by atoms with Gasteiger partial charge in [-0.25, -0.2) is 8.78 Å². The summed E-state index contributed by atoms with van der Waals surface area (Å²) in [5, 5.41) is 12.0. The van der Waals surface area contributed by atoms with Crippen LogP contribution < -0.4 is 0 Å². The lowest BCUT2D eigenvalue weighted by atomic mass is 10.1. The molecule has 0 spiro atoms. The maximum Gasteiger partial charge on any atom is 0.198 e. The van der Waals surface area contributed by atoms with Gasteiger partial charge in [0.2, 0.25) is 0 Å². The van der Waals surface area contributed by atoms with Gasteiger partial charge in [0.05, 0.1) is 5.56 Å². The largest absolute Gasteiger partial charge is 0.354 e. The maximum atomic E-state index is 13.4. The molecule has 0 atom stereocenters. The van der Waals surface area contributed by atoms with E-state index in [0.29, 0.717) is 0 Å².